The third-order valence-corrected chi connectivity index (χ3v) is 6.31. The Hall–Kier alpha value is -2.83. The molecule has 2 aromatic carbocycles. The summed E-state index contributed by atoms with van der Waals surface area (Å²) < 4.78 is 56.3. The van der Waals surface area contributed by atoms with Gasteiger partial charge in [0, 0.05) is 5.02 Å². The molecule has 0 atom stereocenters. The van der Waals surface area contributed by atoms with E-state index >= 15 is 0 Å². The third-order valence-electron chi connectivity index (χ3n) is 3.83. The van der Waals surface area contributed by atoms with Crippen LogP contribution in [-0.4, -0.2) is 39.2 Å². The first-order valence-electron chi connectivity index (χ1n) is 7.80. The fourth-order valence-electron chi connectivity index (χ4n) is 2.62. The lowest BCUT2D eigenvalue weighted by Gasteiger charge is -2.13. The first-order chi connectivity index (χ1) is 13.4. The molecule has 0 bridgehead atoms. The molecule has 13 heteroatoms. The fourth-order valence-corrected chi connectivity index (χ4v) is 4.65. The summed E-state index contributed by atoms with van der Waals surface area (Å²) in [6, 6.07) is 7.21. The maximum Gasteiger partial charge on any atom is 0.343 e. The summed E-state index contributed by atoms with van der Waals surface area (Å²) >= 11 is 5.83. The monoisotopic (exact) mass is 459 g/mol. The van der Waals surface area contributed by atoms with E-state index in [-0.39, 0.29) is 31.3 Å². The summed E-state index contributed by atoms with van der Waals surface area (Å²) in [6.07, 6.45) is 0.872. The zero-order valence-electron chi connectivity index (χ0n) is 15.0. The molecule has 0 aliphatic heterocycles. The Morgan fingerprint density at radius 3 is 2.38 bits per heavy atom. The van der Waals surface area contributed by atoms with Gasteiger partial charge in [-0.2, -0.15) is 0 Å². The molecule has 0 unspecified atom stereocenters. The number of fused-ring (bicyclic) bond motifs is 1. The van der Waals surface area contributed by atoms with Gasteiger partial charge in [-0.15, -0.1) is 3.97 Å². The summed E-state index contributed by atoms with van der Waals surface area (Å²) in [5, 5.41) is 0.181. The molecule has 3 aromatic rings. The van der Waals surface area contributed by atoms with Crippen molar-refractivity contribution < 1.29 is 21.6 Å². The second-order valence-corrected chi connectivity index (χ2v) is 9.90. The molecule has 0 aliphatic carbocycles. The first-order valence-corrected chi connectivity index (χ1v) is 11.5. The van der Waals surface area contributed by atoms with E-state index in [9.17, 15) is 26.4 Å². The number of aromatic amines is 1. The summed E-state index contributed by atoms with van der Waals surface area (Å²) in [7, 11) is -7.16. The Bertz CT molecular complexity index is 1460. The van der Waals surface area contributed by atoms with Gasteiger partial charge in [0.05, 0.1) is 34.9 Å². The molecule has 0 radical (unpaired) electrons. The average molecular weight is 460 g/mol. The van der Waals surface area contributed by atoms with Gasteiger partial charge in [0.2, 0.25) is 10.0 Å². The van der Waals surface area contributed by atoms with Crippen LogP contribution < -0.4 is 20.7 Å². The van der Waals surface area contributed by atoms with Crippen molar-refractivity contribution in [3.63, 3.8) is 0 Å². The van der Waals surface area contributed by atoms with E-state index in [1.165, 1.54) is 31.4 Å². The number of sulfonamides is 1. The Balaban J connectivity index is 2.28. The number of benzene rings is 2. The molecule has 1 heterocycles. The van der Waals surface area contributed by atoms with Crippen LogP contribution in [0.5, 0.6) is 5.75 Å². The SMILES string of the molecule is COc1ccc(S(=O)(=O)n2c(=O)[nH]c3cc(Cl)ccc3c2=O)cc1NS(C)(=O)=O. The fraction of sp³-hybridized carbons (Fsp3) is 0.125. The number of anilines is 1. The highest BCUT2D eigenvalue weighted by molar-refractivity contribution is 7.92. The Labute approximate surface area is 169 Å². The van der Waals surface area contributed by atoms with Gasteiger partial charge in [-0.3, -0.25) is 9.52 Å². The molecule has 3 rings (SSSR count). The lowest BCUT2D eigenvalue weighted by Crippen LogP contribution is -2.40. The van der Waals surface area contributed by atoms with Crippen molar-refractivity contribution in [2.75, 3.05) is 18.1 Å². The molecule has 0 aliphatic rings. The second-order valence-electron chi connectivity index (χ2n) is 5.93. The van der Waals surface area contributed by atoms with Crippen molar-refractivity contribution in [1.29, 1.82) is 0 Å². The van der Waals surface area contributed by atoms with E-state index in [1.54, 1.807) is 0 Å². The van der Waals surface area contributed by atoms with Gasteiger partial charge in [0.15, 0.2) is 0 Å². The quantitative estimate of drug-likeness (QED) is 0.578. The van der Waals surface area contributed by atoms with Crippen molar-refractivity contribution in [2.45, 2.75) is 4.90 Å². The largest absolute Gasteiger partial charge is 0.495 e. The predicted octanol–water partition coefficient (Wildman–Crippen LogP) is 0.960. The molecule has 1 aromatic heterocycles. The van der Waals surface area contributed by atoms with Crippen LogP contribution in [0.4, 0.5) is 5.69 Å². The van der Waals surface area contributed by atoms with Gasteiger partial charge < -0.3 is 9.72 Å². The zero-order chi connectivity index (χ0) is 21.6. The summed E-state index contributed by atoms with van der Waals surface area (Å²) in [5.74, 6) is 0.0452. The molecule has 0 fully saturated rings. The number of H-pyrrole nitrogens is 1. The van der Waals surface area contributed by atoms with Gasteiger partial charge in [-0.05, 0) is 36.4 Å². The minimum Gasteiger partial charge on any atom is -0.495 e. The van der Waals surface area contributed by atoms with E-state index < -0.39 is 36.2 Å². The summed E-state index contributed by atoms with van der Waals surface area (Å²) in [5.41, 5.74) is -2.37. The van der Waals surface area contributed by atoms with E-state index in [0.29, 0.717) is 0 Å². The molecule has 10 nitrogen and oxygen atoms in total. The molecular formula is C16H14ClN3O7S2. The predicted molar refractivity (Wildman–Crippen MR) is 108 cm³/mol. The highest BCUT2D eigenvalue weighted by atomic mass is 35.5. The maximum atomic E-state index is 13.0. The Morgan fingerprint density at radius 1 is 1.07 bits per heavy atom. The zero-order valence-corrected chi connectivity index (χ0v) is 17.4. The number of ether oxygens (including phenoxy) is 1. The highest BCUT2D eigenvalue weighted by Gasteiger charge is 2.25. The second kappa shape index (κ2) is 7.21. The minimum absolute atomic E-state index is 0.0452. The molecule has 0 saturated carbocycles. The van der Waals surface area contributed by atoms with Crippen molar-refractivity contribution in [2.24, 2.45) is 0 Å². The number of nitrogens with one attached hydrogen (secondary N) is 2. The highest BCUT2D eigenvalue weighted by Crippen LogP contribution is 2.28. The van der Waals surface area contributed by atoms with Crippen molar-refractivity contribution in [1.82, 2.24) is 8.96 Å². The Kier molecular flexibility index (Phi) is 5.19. The van der Waals surface area contributed by atoms with E-state index in [2.05, 4.69) is 9.71 Å². The van der Waals surface area contributed by atoms with Crippen LogP contribution in [0.1, 0.15) is 0 Å². The van der Waals surface area contributed by atoms with Gasteiger partial charge in [-0.25, -0.2) is 21.6 Å². The smallest absolute Gasteiger partial charge is 0.343 e. The molecule has 0 spiro atoms. The average Bonchev–Trinajstić information content (AvgIpc) is 2.59. The van der Waals surface area contributed by atoms with Crippen molar-refractivity contribution in [3.05, 3.63) is 62.3 Å². The van der Waals surface area contributed by atoms with E-state index in [4.69, 9.17) is 16.3 Å². The van der Waals surface area contributed by atoms with Gasteiger partial charge in [0.25, 0.3) is 15.6 Å². The van der Waals surface area contributed by atoms with Crippen LogP contribution in [0.3, 0.4) is 0 Å². The number of hydrogen-bond donors (Lipinski definition) is 2. The summed E-state index contributed by atoms with van der Waals surface area (Å²) in [4.78, 5) is 26.9. The molecule has 0 saturated heterocycles. The normalized spacial score (nSPS) is 12.1. The van der Waals surface area contributed by atoms with Crippen LogP contribution in [-0.2, 0) is 20.0 Å². The standard InChI is InChI=1S/C16H14ClN3O7S2/c1-27-14-6-4-10(8-13(14)19-28(2,23)24)29(25,26)20-15(21)11-5-3-9(17)7-12(11)18-16(20)22/h3-8,19H,1-2H3,(H,18,22). The molecule has 154 valence electrons. The van der Waals surface area contributed by atoms with Gasteiger partial charge in [0.1, 0.15) is 5.75 Å². The molecular weight excluding hydrogens is 446 g/mol. The van der Waals surface area contributed by atoms with Crippen molar-refractivity contribution in [3.8, 4) is 5.75 Å². The number of methoxy groups -OCH3 is 1. The lowest BCUT2D eigenvalue weighted by atomic mass is 10.2. The van der Waals surface area contributed by atoms with Crippen LogP contribution in [0.15, 0.2) is 50.9 Å². The third kappa shape index (κ3) is 3.99. The lowest BCUT2D eigenvalue weighted by molar-refractivity contribution is 0.416. The van der Waals surface area contributed by atoms with Crippen LogP contribution in [0.25, 0.3) is 10.9 Å². The number of nitrogens with zero attached hydrogens (tertiary/aromatic N) is 1. The van der Waals surface area contributed by atoms with Crippen LogP contribution in [0, 0.1) is 0 Å². The Morgan fingerprint density at radius 2 is 1.76 bits per heavy atom. The first kappa shape index (κ1) is 20.9. The van der Waals surface area contributed by atoms with Gasteiger partial charge >= 0.3 is 5.69 Å². The van der Waals surface area contributed by atoms with Crippen LogP contribution in [0.2, 0.25) is 5.02 Å². The van der Waals surface area contributed by atoms with Gasteiger partial charge in [-0.1, -0.05) is 11.6 Å². The number of aromatic nitrogens is 2. The van der Waals surface area contributed by atoms with E-state index in [0.717, 1.165) is 18.4 Å². The number of rotatable bonds is 5. The minimum atomic E-state index is -4.67. The summed E-state index contributed by atoms with van der Waals surface area (Å²) in [6.45, 7) is 0. The molecule has 2 N–H and O–H groups in total. The topological polar surface area (TPSA) is 144 Å². The number of halogens is 1. The van der Waals surface area contributed by atoms with Crippen molar-refractivity contribution >= 4 is 48.2 Å². The van der Waals surface area contributed by atoms with Crippen LogP contribution >= 0.6 is 11.6 Å². The number of hydrogen-bond acceptors (Lipinski definition) is 7. The maximum absolute atomic E-state index is 13.0. The molecule has 0 amide bonds. The molecule has 29 heavy (non-hydrogen) atoms. The van der Waals surface area contributed by atoms with E-state index in [1.807, 2.05) is 0 Å².